The van der Waals surface area contributed by atoms with Gasteiger partial charge in [-0.15, -0.1) is 0 Å². The first kappa shape index (κ1) is 16.5. The van der Waals surface area contributed by atoms with Crippen molar-refractivity contribution in [2.45, 2.75) is 19.5 Å². The highest BCUT2D eigenvalue weighted by Gasteiger charge is 2.32. The van der Waals surface area contributed by atoms with E-state index in [1.807, 2.05) is 49.5 Å². The van der Waals surface area contributed by atoms with Gasteiger partial charge in [0, 0.05) is 18.3 Å². The third-order valence-electron chi connectivity index (χ3n) is 4.82. The Labute approximate surface area is 153 Å². The summed E-state index contributed by atoms with van der Waals surface area (Å²) >= 11 is 0. The molecule has 4 rings (SSSR count). The lowest BCUT2D eigenvalue weighted by atomic mass is 9.97. The second-order valence-electron chi connectivity index (χ2n) is 6.56. The minimum atomic E-state index is -0.282. The number of amides is 1. The van der Waals surface area contributed by atoms with Gasteiger partial charge in [-0.25, -0.2) is 0 Å². The number of hydrogen-bond donors (Lipinski definition) is 1. The zero-order valence-electron chi connectivity index (χ0n) is 15.0. The first-order valence-electron chi connectivity index (χ1n) is 8.98. The number of carbonyl (C=O) groups is 1. The fraction of sp³-hybridized carbons (Fsp3) is 0.227. The molecule has 26 heavy (non-hydrogen) atoms. The van der Waals surface area contributed by atoms with E-state index in [-0.39, 0.29) is 12.1 Å². The summed E-state index contributed by atoms with van der Waals surface area (Å²) in [5, 5.41) is 5.75. The second kappa shape index (κ2) is 6.71. The van der Waals surface area contributed by atoms with E-state index in [0.29, 0.717) is 12.2 Å². The number of anilines is 1. The van der Waals surface area contributed by atoms with Crippen LogP contribution in [0.3, 0.4) is 0 Å². The smallest absolute Gasteiger partial charge is 0.257 e. The number of nitrogens with one attached hydrogen (secondary N) is 1. The lowest BCUT2D eigenvalue weighted by Gasteiger charge is -2.36. The highest BCUT2D eigenvalue weighted by atomic mass is 16.5. The Kier molecular flexibility index (Phi) is 4.25. The molecule has 0 saturated carbocycles. The van der Waals surface area contributed by atoms with Crippen LogP contribution in [-0.4, -0.2) is 24.5 Å². The summed E-state index contributed by atoms with van der Waals surface area (Å²) in [5.74, 6) is 0.834. The predicted molar refractivity (Wildman–Crippen MR) is 105 cm³/mol. The maximum atomic E-state index is 12.9. The number of fused-ring (bicyclic) bond motifs is 2. The Bertz CT molecular complexity index is 967. The van der Waals surface area contributed by atoms with Crippen LogP contribution in [0.15, 0.2) is 60.7 Å². The molecule has 1 amide bonds. The molecule has 1 unspecified atom stereocenters. The van der Waals surface area contributed by atoms with Gasteiger partial charge in [-0.05, 0) is 35.4 Å². The van der Waals surface area contributed by atoms with Gasteiger partial charge in [0.2, 0.25) is 0 Å². The summed E-state index contributed by atoms with van der Waals surface area (Å²) < 4.78 is 6.04. The standard InChI is InChI=1S/C22H22N2O2/c1-3-14-26-19-13-12-15-8-4-5-9-16(15)20(19)21-23-18-11-7-6-10-17(18)22(25)24(21)2/h4-13,21,23H,3,14H2,1-2H3. The average molecular weight is 346 g/mol. The molecule has 0 radical (unpaired) electrons. The van der Waals surface area contributed by atoms with Crippen molar-refractivity contribution >= 4 is 22.4 Å². The van der Waals surface area contributed by atoms with Crippen LogP contribution in [0.5, 0.6) is 5.75 Å². The normalized spacial score (nSPS) is 16.3. The summed E-state index contributed by atoms with van der Waals surface area (Å²) in [4.78, 5) is 14.7. The first-order valence-corrected chi connectivity index (χ1v) is 8.98. The molecule has 0 spiro atoms. The van der Waals surface area contributed by atoms with Crippen molar-refractivity contribution in [1.82, 2.24) is 4.90 Å². The van der Waals surface area contributed by atoms with Gasteiger partial charge in [0.05, 0.1) is 12.2 Å². The van der Waals surface area contributed by atoms with Gasteiger partial charge in [0.15, 0.2) is 0 Å². The third-order valence-corrected chi connectivity index (χ3v) is 4.82. The number of nitrogens with zero attached hydrogens (tertiary/aromatic N) is 1. The molecular weight excluding hydrogens is 324 g/mol. The van der Waals surface area contributed by atoms with Gasteiger partial charge in [-0.3, -0.25) is 4.79 Å². The number of benzene rings is 3. The minimum Gasteiger partial charge on any atom is -0.493 e. The van der Waals surface area contributed by atoms with Crippen LogP contribution in [0, 0.1) is 0 Å². The van der Waals surface area contributed by atoms with Crippen LogP contribution in [0.2, 0.25) is 0 Å². The molecule has 132 valence electrons. The van der Waals surface area contributed by atoms with Crippen LogP contribution in [0.25, 0.3) is 10.8 Å². The van der Waals surface area contributed by atoms with E-state index in [4.69, 9.17) is 4.74 Å². The van der Waals surface area contributed by atoms with E-state index in [1.165, 1.54) is 0 Å². The quantitative estimate of drug-likeness (QED) is 0.736. The van der Waals surface area contributed by atoms with E-state index < -0.39 is 0 Å². The number of carbonyl (C=O) groups excluding carboxylic acids is 1. The van der Waals surface area contributed by atoms with Crippen LogP contribution < -0.4 is 10.1 Å². The van der Waals surface area contributed by atoms with Crippen molar-refractivity contribution in [3.63, 3.8) is 0 Å². The molecule has 1 atom stereocenters. The fourth-order valence-electron chi connectivity index (χ4n) is 3.51. The zero-order valence-corrected chi connectivity index (χ0v) is 15.0. The summed E-state index contributed by atoms with van der Waals surface area (Å²) in [6.45, 7) is 2.73. The molecule has 4 heteroatoms. The molecule has 3 aromatic rings. The Hall–Kier alpha value is -3.01. The maximum Gasteiger partial charge on any atom is 0.257 e. The molecule has 0 aromatic heterocycles. The molecule has 1 N–H and O–H groups in total. The highest BCUT2D eigenvalue weighted by Crippen LogP contribution is 2.39. The summed E-state index contributed by atoms with van der Waals surface area (Å²) in [6.07, 6.45) is 0.650. The largest absolute Gasteiger partial charge is 0.493 e. The van der Waals surface area contributed by atoms with Gasteiger partial charge in [0.25, 0.3) is 5.91 Å². The minimum absolute atomic E-state index is 0.0127. The molecule has 1 aliphatic heterocycles. The van der Waals surface area contributed by atoms with Gasteiger partial charge in [-0.1, -0.05) is 49.4 Å². The van der Waals surface area contributed by atoms with Gasteiger partial charge >= 0.3 is 0 Å². The van der Waals surface area contributed by atoms with Crippen LogP contribution >= 0.6 is 0 Å². The van der Waals surface area contributed by atoms with E-state index in [0.717, 1.165) is 34.2 Å². The van der Waals surface area contributed by atoms with Crippen LogP contribution in [0.1, 0.15) is 35.4 Å². The highest BCUT2D eigenvalue weighted by molar-refractivity contribution is 6.02. The lowest BCUT2D eigenvalue weighted by Crippen LogP contribution is -2.40. The van der Waals surface area contributed by atoms with Crippen molar-refractivity contribution in [2.24, 2.45) is 0 Å². The van der Waals surface area contributed by atoms with E-state index in [9.17, 15) is 4.79 Å². The number of ether oxygens (including phenoxy) is 1. The number of para-hydroxylation sites is 1. The zero-order chi connectivity index (χ0) is 18.1. The topological polar surface area (TPSA) is 41.6 Å². The number of hydrogen-bond acceptors (Lipinski definition) is 3. The molecule has 0 bridgehead atoms. The number of rotatable bonds is 4. The van der Waals surface area contributed by atoms with Gasteiger partial charge in [-0.2, -0.15) is 0 Å². The predicted octanol–water partition coefficient (Wildman–Crippen LogP) is 4.82. The maximum absolute atomic E-state index is 12.9. The Morgan fingerprint density at radius 3 is 2.65 bits per heavy atom. The van der Waals surface area contributed by atoms with E-state index in [2.05, 4.69) is 30.4 Å². The van der Waals surface area contributed by atoms with E-state index in [1.54, 1.807) is 4.90 Å². The third kappa shape index (κ3) is 2.68. The van der Waals surface area contributed by atoms with Gasteiger partial charge in [0.1, 0.15) is 11.9 Å². The van der Waals surface area contributed by atoms with Crippen molar-refractivity contribution in [1.29, 1.82) is 0 Å². The van der Waals surface area contributed by atoms with Crippen molar-refractivity contribution < 1.29 is 9.53 Å². The molecule has 4 nitrogen and oxygen atoms in total. The average Bonchev–Trinajstić information content (AvgIpc) is 2.69. The molecule has 0 saturated heterocycles. The lowest BCUT2D eigenvalue weighted by molar-refractivity contribution is 0.0734. The molecular formula is C22H22N2O2. The fourth-order valence-corrected chi connectivity index (χ4v) is 3.51. The first-order chi connectivity index (χ1) is 12.7. The molecule has 1 aliphatic rings. The molecule has 0 aliphatic carbocycles. The summed E-state index contributed by atoms with van der Waals surface area (Å²) in [5.41, 5.74) is 2.55. The second-order valence-corrected chi connectivity index (χ2v) is 6.56. The van der Waals surface area contributed by atoms with Crippen molar-refractivity contribution in [3.05, 3.63) is 71.8 Å². The van der Waals surface area contributed by atoms with Crippen molar-refractivity contribution in [3.8, 4) is 5.75 Å². The van der Waals surface area contributed by atoms with E-state index >= 15 is 0 Å². The molecule has 1 heterocycles. The Morgan fingerprint density at radius 2 is 1.81 bits per heavy atom. The monoisotopic (exact) mass is 346 g/mol. The van der Waals surface area contributed by atoms with Gasteiger partial charge < -0.3 is 15.0 Å². The Morgan fingerprint density at radius 1 is 1.04 bits per heavy atom. The molecule has 3 aromatic carbocycles. The molecule has 0 fully saturated rings. The van der Waals surface area contributed by atoms with Crippen molar-refractivity contribution in [2.75, 3.05) is 19.0 Å². The summed E-state index contributed by atoms with van der Waals surface area (Å²) in [6, 6.07) is 19.9. The SMILES string of the molecule is CCCOc1ccc2ccccc2c1C1Nc2ccccc2C(=O)N1C. The summed E-state index contributed by atoms with van der Waals surface area (Å²) in [7, 11) is 1.83. The Balaban J connectivity index is 1.88. The van der Waals surface area contributed by atoms with Crippen LogP contribution in [0.4, 0.5) is 5.69 Å². The van der Waals surface area contributed by atoms with Crippen LogP contribution in [-0.2, 0) is 0 Å².